The van der Waals surface area contributed by atoms with Crippen molar-refractivity contribution in [2.24, 2.45) is 16.1 Å². The van der Waals surface area contributed by atoms with Gasteiger partial charge in [-0.1, -0.05) is 40.5 Å². The first-order valence-electron chi connectivity index (χ1n) is 9.02. The Morgan fingerprint density at radius 2 is 1.67 bits per heavy atom. The predicted octanol–water partition coefficient (Wildman–Crippen LogP) is 3.40. The minimum atomic E-state index is -3.97. The number of halogens is 2. The van der Waals surface area contributed by atoms with Gasteiger partial charge in [0.2, 0.25) is 15.3 Å². The van der Waals surface area contributed by atoms with Gasteiger partial charge in [-0.2, -0.15) is 0 Å². The largest absolute Gasteiger partial charge is 0.478 e. The maximum atomic E-state index is 13.3. The summed E-state index contributed by atoms with van der Waals surface area (Å²) in [6, 6.07) is 12.8. The van der Waals surface area contributed by atoms with E-state index >= 15 is 0 Å². The van der Waals surface area contributed by atoms with E-state index in [0.29, 0.717) is 34.3 Å². The molecule has 0 saturated heterocycles. The smallest absolute Gasteiger partial charge is 0.243 e. The highest BCUT2D eigenvalue weighted by Crippen LogP contribution is 2.31. The normalized spacial score (nSPS) is 20.9. The van der Waals surface area contributed by atoms with Crippen LogP contribution in [0.5, 0.6) is 0 Å². The molecule has 0 fully saturated rings. The zero-order chi connectivity index (χ0) is 21.3. The van der Waals surface area contributed by atoms with Gasteiger partial charge in [-0.15, -0.1) is 0 Å². The Kier molecular flexibility index (Phi) is 5.81. The lowest BCUT2D eigenvalue weighted by Crippen LogP contribution is -2.39. The van der Waals surface area contributed by atoms with Gasteiger partial charge in [-0.3, -0.25) is 9.79 Å². The van der Waals surface area contributed by atoms with Crippen LogP contribution in [0.4, 0.5) is 0 Å². The number of aliphatic imine (C=N–C) groups is 1. The van der Waals surface area contributed by atoms with Crippen molar-refractivity contribution in [1.82, 2.24) is 0 Å². The molecule has 0 saturated carbocycles. The fraction of sp³-hybridized carbons (Fsp3) is 0.250. The number of Topliss-reactive ketones (excluding diaryl/α,β-unsaturated/α-hetero) is 1. The van der Waals surface area contributed by atoms with E-state index in [-0.39, 0.29) is 11.6 Å². The van der Waals surface area contributed by atoms with Gasteiger partial charge >= 0.3 is 0 Å². The quantitative estimate of drug-likeness (QED) is 0.607. The van der Waals surface area contributed by atoms with Crippen LogP contribution < -0.4 is 0 Å². The van der Waals surface area contributed by atoms with E-state index in [4.69, 9.17) is 32.8 Å². The topological polar surface area (TPSA) is 94.4 Å². The molecule has 2 aromatic rings. The van der Waals surface area contributed by atoms with E-state index < -0.39 is 32.7 Å². The number of hydrogen-bond acceptors (Lipinski definition) is 7. The Balaban J connectivity index is 1.71. The molecule has 2 heterocycles. The highest BCUT2D eigenvalue weighted by molar-refractivity contribution is 7.92. The molecule has 2 atom stereocenters. The summed E-state index contributed by atoms with van der Waals surface area (Å²) in [4.78, 5) is 22.7. The summed E-state index contributed by atoms with van der Waals surface area (Å²) in [6.07, 6.45) is 0. The molecule has 0 N–H and O–H groups in total. The van der Waals surface area contributed by atoms with Crippen LogP contribution in [-0.4, -0.2) is 50.2 Å². The molecule has 156 valence electrons. The van der Waals surface area contributed by atoms with Gasteiger partial charge in [0.15, 0.2) is 11.7 Å². The summed E-state index contributed by atoms with van der Waals surface area (Å²) in [5.41, 5.74) is -0.446. The van der Waals surface area contributed by atoms with Crippen LogP contribution in [0.3, 0.4) is 0 Å². The maximum absolute atomic E-state index is 13.3. The number of ketones is 1. The van der Waals surface area contributed by atoms with Crippen LogP contribution in [0.2, 0.25) is 10.0 Å². The fourth-order valence-corrected chi connectivity index (χ4v) is 5.02. The second-order valence-electron chi connectivity index (χ2n) is 6.74. The average Bonchev–Trinajstić information content (AvgIpc) is 3.38. The van der Waals surface area contributed by atoms with Gasteiger partial charge < -0.3 is 9.57 Å². The summed E-state index contributed by atoms with van der Waals surface area (Å²) in [6.45, 7) is 0.728. The van der Waals surface area contributed by atoms with Crippen molar-refractivity contribution in [3.63, 3.8) is 0 Å². The SMILES string of the molecule is O=C(c1ccc(Cl)cc1)C1C(c2ccc(Cl)cc2)=NOC1S(=O)(=O)CC1=NCCO1. The van der Waals surface area contributed by atoms with Crippen molar-refractivity contribution < 1.29 is 22.8 Å². The second kappa shape index (κ2) is 8.37. The first-order valence-corrected chi connectivity index (χ1v) is 11.5. The molecule has 0 aromatic heterocycles. The number of carbonyl (C=O) groups excluding carboxylic acids is 1. The Labute approximate surface area is 183 Å². The Morgan fingerprint density at radius 3 is 2.27 bits per heavy atom. The van der Waals surface area contributed by atoms with Crippen molar-refractivity contribution in [3.8, 4) is 0 Å². The molecule has 2 unspecified atom stereocenters. The van der Waals surface area contributed by atoms with E-state index in [1.54, 1.807) is 36.4 Å². The lowest BCUT2D eigenvalue weighted by Gasteiger charge is -2.18. The van der Waals surface area contributed by atoms with E-state index in [1.807, 2.05) is 0 Å². The number of rotatable bonds is 6. The van der Waals surface area contributed by atoms with Crippen molar-refractivity contribution in [1.29, 1.82) is 0 Å². The molecule has 0 spiro atoms. The van der Waals surface area contributed by atoms with Crippen molar-refractivity contribution in [2.45, 2.75) is 5.44 Å². The minimum Gasteiger partial charge on any atom is -0.478 e. The summed E-state index contributed by atoms with van der Waals surface area (Å²) in [5, 5.41) is 4.93. The zero-order valence-electron chi connectivity index (χ0n) is 15.5. The third-order valence-corrected chi connectivity index (χ3v) is 6.92. The highest BCUT2D eigenvalue weighted by Gasteiger charge is 2.48. The highest BCUT2D eigenvalue weighted by atomic mass is 35.5. The molecular formula is C20H16Cl2N2O5S. The third kappa shape index (κ3) is 4.21. The van der Waals surface area contributed by atoms with E-state index in [0.717, 1.165) is 0 Å². The first-order chi connectivity index (χ1) is 14.3. The molecule has 7 nitrogen and oxygen atoms in total. The molecule has 4 rings (SSSR count). The second-order valence-corrected chi connectivity index (χ2v) is 9.69. The molecule has 2 aliphatic heterocycles. The number of nitrogens with zero attached hydrogens (tertiary/aromatic N) is 2. The van der Waals surface area contributed by atoms with Crippen molar-refractivity contribution in [2.75, 3.05) is 18.9 Å². The lowest BCUT2D eigenvalue weighted by atomic mass is 9.90. The van der Waals surface area contributed by atoms with Crippen LogP contribution in [0.15, 0.2) is 58.7 Å². The van der Waals surface area contributed by atoms with Gasteiger partial charge in [0.25, 0.3) is 0 Å². The van der Waals surface area contributed by atoms with Crippen molar-refractivity contribution in [3.05, 3.63) is 69.7 Å². The van der Waals surface area contributed by atoms with Gasteiger partial charge in [0.1, 0.15) is 24.0 Å². The molecule has 0 radical (unpaired) electrons. The molecule has 0 amide bonds. The number of ether oxygens (including phenoxy) is 1. The van der Waals surface area contributed by atoms with Gasteiger partial charge in [0.05, 0.1) is 6.54 Å². The lowest BCUT2D eigenvalue weighted by molar-refractivity contribution is 0.0815. The molecule has 0 bridgehead atoms. The van der Waals surface area contributed by atoms with Gasteiger partial charge in [-0.05, 0) is 36.4 Å². The number of carbonyl (C=O) groups is 1. The first kappa shape index (κ1) is 20.8. The summed E-state index contributed by atoms with van der Waals surface area (Å²) >= 11 is 11.9. The predicted molar refractivity (Wildman–Crippen MR) is 114 cm³/mol. The van der Waals surface area contributed by atoms with E-state index in [9.17, 15) is 13.2 Å². The third-order valence-electron chi connectivity index (χ3n) is 4.70. The van der Waals surface area contributed by atoms with Gasteiger partial charge in [-0.25, -0.2) is 8.42 Å². The number of benzene rings is 2. The number of oxime groups is 1. The summed E-state index contributed by atoms with van der Waals surface area (Å²) in [5.74, 6) is -1.97. The summed E-state index contributed by atoms with van der Waals surface area (Å²) < 4.78 is 31.4. The number of sulfone groups is 1. The molecule has 10 heteroatoms. The Bertz CT molecular complexity index is 1130. The van der Waals surface area contributed by atoms with Crippen LogP contribution in [0, 0.1) is 5.92 Å². The van der Waals surface area contributed by atoms with Crippen LogP contribution >= 0.6 is 23.2 Å². The molecule has 30 heavy (non-hydrogen) atoms. The maximum Gasteiger partial charge on any atom is 0.243 e. The fourth-order valence-electron chi connectivity index (χ4n) is 3.24. The molecule has 2 aliphatic rings. The summed E-state index contributed by atoms with van der Waals surface area (Å²) in [7, 11) is -3.97. The van der Waals surface area contributed by atoms with Gasteiger partial charge in [0, 0.05) is 21.2 Å². The van der Waals surface area contributed by atoms with E-state index in [2.05, 4.69) is 10.1 Å². The zero-order valence-corrected chi connectivity index (χ0v) is 17.8. The Hall–Kier alpha value is -2.42. The number of hydrogen-bond donors (Lipinski definition) is 0. The molecular weight excluding hydrogens is 451 g/mol. The molecule has 0 aliphatic carbocycles. The van der Waals surface area contributed by atoms with Crippen LogP contribution in [0.1, 0.15) is 15.9 Å². The van der Waals surface area contributed by atoms with Crippen LogP contribution in [-0.2, 0) is 19.4 Å². The Morgan fingerprint density at radius 1 is 1.03 bits per heavy atom. The monoisotopic (exact) mass is 466 g/mol. The molecule has 2 aromatic carbocycles. The standard InChI is InChI=1S/C20H16Cl2N2O5S/c21-14-5-1-12(2-6-14)18-17(19(25)13-3-7-15(22)8-4-13)20(29-24-18)30(26,27)11-16-23-9-10-28-16/h1-8,17,20H,9-11H2. The van der Waals surface area contributed by atoms with Crippen LogP contribution in [0.25, 0.3) is 0 Å². The van der Waals surface area contributed by atoms with Crippen molar-refractivity contribution >= 4 is 50.4 Å². The van der Waals surface area contributed by atoms with E-state index in [1.165, 1.54) is 12.1 Å². The average molecular weight is 467 g/mol. The minimum absolute atomic E-state index is 0.108.